The Morgan fingerprint density at radius 1 is 1.26 bits per heavy atom. The van der Waals surface area contributed by atoms with Gasteiger partial charge in [-0.15, -0.1) is 0 Å². The van der Waals surface area contributed by atoms with Crippen molar-refractivity contribution < 1.29 is 9.18 Å². The number of halogens is 2. The second-order valence-electron chi connectivity index (χ2n) is 3.59. The van der Waals surface area contributed by atoms with E-state index in [-0.39, 0.29) is 17.0 Å². The number of anilines is 1. The van der Waals surface area contributed by atoms with Crippen LogP contribution in [0.5, 0.6) is 0 Å². The number of benzene rings is 1. The van der Waals surface area contributed by atoms with Gasteiger partial charge in [-0.1, -0.05) is 12.1 Å². The van der Waals surface area contributed by atoms with Crippen LogP contribution >= 0.6 is 11.6 Å². The van der Waals surface area contributed by atoms with Crippen LogP contribution in [0.15, 0.2) is 42.6 Å². The normalized spacial score (nSPS) is 10.6. The fourth-order valence-electron chi connectivity index (χ4n) is 1.32. The van der Waals surface area contributed by atoms with Crippen molar-refractivity contribution >= 4 is 29.4 Å². The number of nitrogens with zero attached hydrogens (tertiary/aromatic N) is 2. The topological polar surface area (TPSA) is 54.9 Å². The Balaban J connectivity index is 1.99. The van der Waals surface area contributed by atoms with Gasteiger partial charge in [0.1, 0.15) is 11.6 Å². The van der Waals surface area contributed by atoms with E-state index >= 15 is 0 Å². The number of carbonyl (C=O) groups excluding carboxylic acids is 1. The molecule has 0 bridgehead atoms. The molecule has 19 heavy (non-hydrogen) atoms. The van der Waals surface area contributed by atoms with Crippen LogP contribution < -0.4 is 5.32 Å². The largest absolute Gasteiger partial charge is 0.307 e. The summed E-state index contributed by atoms with van der Waals surface area (Å²) in [6, 6.07) is 7.31. The van der Waals surface area contributed by atoms with Gasteiger partial charge in [0.2, 0.25) is 11.2 Å². The third-order valence-electron chi connectivity index (χ3n) is 2.17. The molecule has 0 aliphatic rings. The molecule has 0 saturated heterocycles. The third-order valence-corrected chi connectivity index (χ3v) is 2.36. The van der Waals surface area contributed by atoms with Gasteiger partial charge in [0.25, 0.3) is 0 Å². The fraction of sp³-hybridized carbons (Fsp3) is 0. The lowest BCUT2D eigenvalue weighted by molar-refractivity contribution is -0.111. The molecule has 2 aromatic rings. The molecule has 0 aliphatic carbocycles. The van der Waals surface area contributed by atoms with Crippen molar-refractivity contribution in [3.63, 3.8) is 0 Å². The van der Waals surface area contributed by atoms with E-state index in [1.54, 1.807) is 18.2 Å². The molecule has 6 heteroatoms. The average Bonchev–Trinajstić information content (AvgIpc) is 2.38. The van der Waals surface area contributed by atoms with E-state index < -0.39 is 0 Å². The van der Waals surface area contributed by atoms with E-state index in [2.05, 4.69) is 15.3 Å². The molecule has 0 radical (unpaired) electrons. The second-order valence-corrected chi connectivity index (χ2v) is 3.92. The molecule has 1 aromatic heterocycles. The number of nitrogens with one attached hydrogen (secondary N) is 1. The summed E-state index contributed by atoms with van der Waals surface area (Å²) in [5.41, 5.74) is 0.720. The van der Waals surface area contributed by atoms with Crippen molar-refractivity contribution in [2.45, 2.75) is 0 Å². The number of aromatic nitrogens is 2. The molecule has 96 valence electrons. The Labute approximate surface area is 114 Å². The molecule has 4 nitrogen and oxygen atoms in total. The van der Waals surface area contributed by atoms with Gasteiger partial charge < -0.3 is 5.32 Å². The zero-order valence-electron chi connectivity index (χ0n) is 9.68. The maximum atomic E-state index is 12.7. The summed E-state index contributed by atoms with van der Waals surface area (Å²) < 4.78 is 12.7. The van der Waals surface area contributed by atoms with E-state index in [0.717, 1.165) is 5.56 Å². The van der Waals surface area contributed by atoms with Gasteiger partial charge >= 0.3 is 0 Å². The van der Waals surface area contributed by atoms with E-state index in [9.17, 15) is 9.18 Å². The Morgan fingerprint density at radius 2 is 2.00 bits per heavy atom. The lowest BCUT2D eigenvalue weighted by Gasteiger charge is -2.00. The highest BCUT2D eigenvalue weighted by molar-refractivity contribution is 6.28. The number of rotatable bonds is 3. The van der Waals surface area contributed by atoms with Gasteiger partial charge in [-0.3, -0.25) is 4.79 Å². The summed E-state index contributed by atoms with van der Waals surface area (Å²) in [5.74, 6) is -0.370. The molecule has 1 aromatic carbocycles. The van der Waals surface area contributed by atoms with Gasteiger partial charge in [0.05, 0.1) is 0 Å². The molecule has 0 unspecified atom stereocenters. The minimum atomic E-state index is -0.362. The minimum absolute atomic E-state index is 0.0558. The van der Waals surface area contributed by atoms with Crippen molar-refractivity contribution in [3.05, 3.63) is 59.3 Å². The predicted octanol–water partition coefficient (Wildman–Crippen LogP) is 2.92. The van der Waals surface area contributed by atoms with Gasteiger partial charge in [-0.25, -0.2) is 14.4 Å². The number of amides is 1. The minimum Gasteiger partial charge on any atom is -0.307 e. The van der Waals surface area contributed by atoms with Crippen LogP contribution in [0.25, 0.3) is 6.08 Å². The standard InChI is InChI=1S/C13H9ClFN3O/c14-13-16-8-7-11(18-13)17-12(19)6-3-9-1-4-10(15)5-2-9/h1-8H,(H,16,17,18,19)/b6-3+. The van der Waals surface area contributed by atoms with E-state index in [0.29, 0.717) is 5.82 Å². The zero-order valence-corrected chi connectivity index (χ0v) is 10.4. The maximum Gasteiger partial charge on any atom is 0.249 e. The van der Waals surface area contributed by atoms with Crippen LogP contribution in [0, 0.1) is 5.82 Å². The highest BCUT2D eigenvalue weighted by atomic mass is 35.5. The quantitative estimate of drug-likeness (QED) is 0.693. The first-order valence-corrected chi connectivity index (χ1v) is 5.74. The first-order chi connectivity index (χ1) is 9.13. The Morgan fingerprint density at radius 3 is 2.68 bits per heavy atom. The smallest absolute Gasteiger partial charge is 0.249 e. The van der Waals surface area contributed by atoms with Crippen molar-refractivity contribution in [2.75, 3.05) is 5.32 Å². The number of hydrogen-bond acceptors (Lipinski definition) is 3. The molecule has 0 atom stereocenters. The summed E-state index contributed by atoms with van der Waals surface area (Å²) in [6.07, 6.45) is 4.33. The van der Waals surface area contributed by atoms with Gasteiger partial charge in [-0.05, 0) is 41.4 Å². The third kappa shape index (κ3) is 4.15. The molecule has 1 amide bonds. The maximum absolute atomic E-state index is 12.7. The van der Waals surface area contributed by atoms with Crippen LogP contribution in [0.1, 0.15) is 5.56 Å². The van der Waals surface area contributed by atoms with Crippen LogP contribution in [-0.4, -0.2) is 15.9 Å². The highest BCUT2D eigenvalue weighted by Gasteiger charge is 2.00. The van der Waals surface area contributed by atoms with Crippen molar-refractivity contribution in [1.82, 2.24) is 9.97 Å². The summed E-state index contributed by atoms with van der Waals surface area (Å²) in [5, 5.41) is 2.58. The van der Waals surface area contributed by atoms with Crippen molar-refractivity contribution in [3.8, 4) is 0 Å². The molecular formula is C13H9ClFN3O. The van der Waals surface area contributed by atoms with E-state index in [4.69, 9.17) is 11.6 Å². The van der Waals surface area contributed by atoms with Crippen LogP contribution in [-0.2, 0) is 4.79 Å². The monoisotopic (exact) mass is 277 g/mol. The Hall–Kier alpha value is -2.27. The molecule has 1 N–H and O–H groups in total. The molecule has 2 rings (SSSR count). The Bertz CT molecular complexity index is 614. The molecular weight excluding hydrogens is 269 g/mol. The van der Waals surface area contributed by atoms with Gasteiger partial charge in [0.15, 0.2) is 0 Å². The van der Waals surface area contributed by atoms with Gasteiger partial charge in [-0.2, -0.15) is 0 Å². The summed E-state index contributed by atoms with van der Waals surface area (Å²) in [4.78, 5) is 19.1. The van der Waals surface area contributed by atoms with Crippen LogP contribution in [0.4, 0.5) is 10.2 Å². The van der Waals surface area contributed by atoms with Crippen molar-refractivity contribution in [2.24, 2.45) is 0 Å². The molecule has 0 spiro atoms. The first kappa shape index (κ1) is 13.2. The molecule has 0 aliphatic heterocycles. The number of hydrogen-bond donors (Lipinski definition) is 1. The summed E-state index contributed by atoms with van der Waals surface area (Å²) >= 11 is 5.59. The molecule has 0 fully saturated rings. The summed E-state index contributed by atoms with van der Waals surface area (Å²) in [7, 11) is 0. The predicted molar refractivity (Wildman–Crippen MR) is 71.1 cm³/mol. The first-order valence-electron chi connectivity index (χ1n) is 5.37. The van der Waals surface area contributed by atoms with Crippen molar-refractivity contribution in [1.29, 1.82) is 0 Å². The second kappa shape index (κ2) is 6.06. The molecule has 1 heterocycles. The lowest BCUT2D eigenvalue weighted by atomic mass is 10.2. The SMILES string of the molecule is O=C(/C=C/c1ccc(F)cc1)Nc1ccnc(Cl)n1. The summed E-state index contributed by atoms with van der Waals surface area (Å²) in [6.45, 7) is 0. The van der Waals surface area contributed by atoms with Gasteiger partial charge in [0, 0.05) is 12.3 Å². The highest BCUT2D eigenvalue weighted by Crippen LogP contribution is 2.07. The fourth-order valence-corrected chi connectivity index (χ4v) is 1.47. The van der Waals surface area contributed by atoms with E-state index in [1.165, 1.54) is 30.5 Å². The van der Waals surface area contributed by atoms with Crippen LogP contribution in [0.3, 0.4) is 0 Å². The lowest BCUT2D eigenvalue weighted by Crippen LogP contribution is -2.09. The Kier molecular flexibility index (Phi) is 4.20. The zero-order chi connectivity index (χ0) is 13.7. The van der Waals surface area contributed by atoms with Crippen LogP contribution in [0.2, 0.25) is 5.28 Å². The molecule has 0 saturated carbocycles. The average molecular weight is 278 g/mol. The van der Waals surface area contributed by atoms with E-state index in [1.807, 2.05) is 0 Å². The number of carbonyl (C=O) groups is 1.